The molecule has 1 N–H and O–H groups in total. The number of hydrogen-bond donors (Lipinski definition) is 1. The lowest BCUT2D eigenvalue weighted by molar-refractivity contribution is 0.0941. The number of halogens is 1. The summed E-state index contributed by atoms with van der Waals surface area (Å²) in [5.74, 6) is -0.245. The molecule has 23 heavy (non-hydrogen) atoms. The second-order valence-electron chi connectivity index (χ2n) is 5.00. The second-order valence-corrected chi connectivity index (χ2v) is 5.44. The first-order valence-electron chi connectivity index (χ1n) is 6.96. The molecule has 0 aliphatic heterocycles. The summed E-state index contributed by atoms with van der Waals surface area (Å²) in [5, 5.41) is 15.4. The van der Waals surface area contributed by atoms with Crippen molar-refractivity contribution < 1.29 is 4.79 Å². The minimum Gasteiger partial charge on any atom is -0.339 e. The molecule has 3 aromatic rings. The van der Waals surface area contributed by atoms with Crippen molar-refractivity contribution in [2.45, 2.75) is 6.04 Å². The van der Waals surface area contributed by atoms with Gasteiger partial charge >= 0.3 is 0 Å². The van der Waals surface area contributed by atoms with Gasteiger partial charge < -0.3 is 5.32 Å². The van der Waals surface area contributed by atoms with Crippen molar-refractivity contribution >= 4 is 17.5 Å². The molecule has 0 unspecified atom stereocenters. The number of nitrogens with one attached hydrogen (secondary N) is 1. The van der Waals surface area contributed by atoms with Gasteiger partial charge in [-0.25, -0.2) is 0 Å². The number of benzene rings is 1. The summed E-state index contributed by atoms with van der Waals surface area (Å²) >= 11 is 5.95. The van der Waals surface area contributed by atoms with Crippen molar-refractivity contribution in [3.8, 4) is 0 Å². The van der Waals surface area contributed by atoms with E-state index in [0.717, 1.165) is 11.3 Å². The second kappa shape index (κ2) is 6.58. The molecule has 0 saturated carbocycles. The number of nitrogens with zero attached hydrogens (tertiary/aromatic N) is 4. The fraction of sp³-hybridized carbons (Fsp3) is 0.125. The van der Waals surface area contributed by atoms with E-state index in [4.69, 9.17) is 11.6 Å². The van der Waals surface area contributed by atoms with Crippen LogP contribution in [0.5, 0.6) is 0 Å². The number of rotatable bonds is 4. The fourth-order valence-electron chi connectivity index (χ4n) is 2.21. The molecule has 0 aliphatic rings. The van der Waals surface area contributed by atoms with Gasteiger partial charge in [0.1, 0.15) is 0 Å². The molecule has 2 aromatic heterocycles. The summed E-state index contributed by atoms with van der Waals surface area (Å²) < 4.78 is 1.69. The molecule has 3 rings (SSSR count). The molecule has 116 valence electrons. The summed E-state index contributed by atoms with van der Waals surface area (Å²) in [6.07, 6.45) is 4.73. The monoisotopic (exact) mass is 327 g/mol. The minimum absolute atomic E-state index is 0.245. The van der Waals surface area contributed by atoms with Crippen LogP contribution in [-0.4, -0.2) is 25.9 Å². The molecule has 1 atom stereocenters. The van der Waals surface area contributed by atoms with Crippen LogP contribution in [0.15, 0.2) is 55.0 Å². The smallest absolute Gasteiger partial charge is 0.253 e. The van der Waals surface area contributed by atoms with Gasteiger partial charge in [0.05, 0.1) is 29.7 Å². The highest BCUT2D eigenvalue weighted by atomic mass is 35.5. The van der Waals surface area contributed by atoms with Gasteiger partial charge in [-0.05, 0) is 29.8 Å². The Hall–Kier alpha value is -2.73. The van der Waals surface area contributed by atoms with Gasteiger partial charge in [0, 0.05) is 18.3 Å². The topological polar surface area (TPSA) is 72.7 Å². The zero-order chi connectivity index (χ0) is 16.2. The van der Waals surface area contributed by atoms with Gasteiger partial charge in [0.15, 0.2) is 0 Å². The Morgan fingerprint density at radius 1 is 1.17 bits per heavy atom. The lowest BCUT2D eigenvalue weighted by Gasteiger charge is -2.17. The predicted molar refractivity (Wildman–Crippen MR) is 86.0 cm³/mol. The Bertz CT molecular complexity index is 801. The van der Waals surface area contributed by atoms with E-state index in [1.807, 2.05) is 31.4 Å². The van der Waals surface area contributed by atoms with Crippen LogP contribution in [0.3, 0.4) is 0 Å². The van der Waals surface area contributed by atoms with Crippen molar-refractivity contribution in [1.82, 2.24) is 25.3 Å². The predicted octanol–water partition coefficient (Wildman–Crippen LogP) is 2.38. The quantitative estimate of drug-likeness (QED) is 0.798. The lowest BCUT2D eigenvalue weighted by atomic mass is 10.0. The molecule has 0 spiro atoms. The highest BCUT2D eigenvalue weighted by Crippen LogP contribution is 2.22. The van der Waals surface area contributed by atoms with E-state index in [1.165, 1.54) is 12.4 Å². The molecule has 2 heterocycles. The van der Waals surface area contributed by atoms with Crippen LogP contribution in [0, 0.1) is 0 Å². The first-order chi connectivity index (χ1) is 11.1. The number of amides is 1. The highest BCUT2D eigenvalue weighted by Gasteiger charge is 2.20. The lowest BCUT2D eigenvalue weighted by Crippen LogP contribution is -2.29. The number of aromatic nitrogens is 4. The molecule has 0 bridgehead atoms. The van der Waals surface area contributed by atoms with E-state index in [9.17, 15) is 4.79 Å². The summed E-state index contributed by atoms with van der Waals surface area (Å²) in [6, 6.07) is 10.4. The Balaban J connectivity index is 1.92. The Kier molecular flexibility index (Phi) is 4.34. The minimum atomic E-state index is -0.380. The Morgan fingerprint density at radius 2 is 1.96 bits per heavy atom. The van der Waals surface area contributed by atoms with Crippen LogP contribution in [0.2, 0.25) is 5.02 Å². The highest BCUT2D eigenvalue weighted by molar-refractivity contribution is 6.30. The number of hydrogen-bond acceptors (Lipinski definition) is 4. The zero-order valence-electron chi connectivity index (χ0n) is 12.3. The number of carbonyl (C=O) groups excluding carboxylic acids is 1. The SMILES string of the molecule is Cn1ccc([C@@H](NC(=O)c2ccnnc2)c2ccc(Cl)cc2)n1. The molecule has 6 nitrogen and oxygen atoms in total. The normalized spacial score (nSPS) is 11.9. The molecule has 1 aromatic carbocycles. The van der Waals surface area contributed by atoms with Gasteiger partial charge in [-0.2, -0.15) is 15.3 Å². The van der Waals surface area contributed by atoms with Gasteiger partial charge in [-0.1, -0.05) is 23.7 Å². The zero-order valence-corrected chi connectivity index (χ0v) is 13.1. The first kappa shape index (κ1) is 15.2. The molecular formula is C16H14ClN5O. The van der Waals surface area contributed by atoms with Crippen molar-refractivity contribution in [2.24, 2.45) is 7.05 Å². The van der Waals surface area contributed by atoms with Gasteiger partial charge in [0.25, 0.3) is 5.91 Å². The molecule has 0 fully saturated rings. The third kappa shape index (κ3) is 3.54. The van der Waals surface area contributed by atoms with Crippen LogP contribution in [0.4, 0.5) is 0 Å². The summed E-state index contributed by atoms with van der Waals surface area (Å²) in [6.45, 7) is 0. The first-order valence-corrected chi connectivity index (χ1v) is 7.34. The van der Waals surface area contributed by atoms with E-state index in [2.05, 4.69) is 20.6 Å². The maximum Gasteiger partial charge on any atom is 0.253 e. The van der Waals surface area contributed by atoms with Gasteiger partial charge in [-0.15, -0.1) is 0 Å². The largest absolute Gasteiger partial charge is 0.339 e. The molecule has 0 aliphatic carbocycles. The maximum atomic E-state index is 12.4. The standard InChI is InChI=1S/C16H14ClN5O/c1-22-9-7-14(21-22)15(11-2-4-13(17)5-3-11)20-16(23)12-6-8-18-19-10-12/h2-10,15H,1H3,(H,20,23)/t15-/m0/s1. The van der Waals surface area contributed by atoms with Gasteiger partial charge in [-0.3, -0.25) is 9.48 Å². The third-order valence-corrected chi connectivity index (χ3v) is 3.61. The number of aryl methyl sites for hydroxylation is 1. The van der Waals surface area contributed by atoms with E-state index in [-0.39, 0.29) is 11.9 Å². The average Bonchev–Trinajstić information content (AvgIpc) is 3.00. The van der Waals surface area contributed by atoms with Crippen LogP contribution in [-0.2, 0) is 7.05 Å². The summed E-state index contributed by atoms with van der Waals surface area (Å²) in [5.41, 5.74) is 2.07. The van der Waals surface area contributed by atoms with Crippen LogP contribution in [0.1, 0.15) is 27.7 Å². The Labute approximate surface area is 138 Å². The molecular weight excluding hydrogens is 314 g/mol. The van der Waals surface area contributed by atoms with Crippen molar-refractivity contribution in [1.29, 1.82) is 0 Å². The molecule has 0 saturated heterocycles. The summed E-state index contributed by atoms with van der Waals surface area (Å²) in [4.78, 5) is 12.4. The van der Waals surface area contributed by atoms with Crippen molar-refractivity contribution in [3.63, 3.8) is 0 Å². The van der Waals surface area contributed by atoms with Crippen LogP contribution in [0.25, 0.3) is 0 Å². The average molecular weight is 328 g/mol. The molecule has 7 heteroatoms. The van der Waals surface area contributed by atoms with E-state index in [0.29, 0.717) is 10.6 Å². The van der Waals surface area contributed by atoms with Gasteiger partial charge in [0.2, 0.25) is 0 Å². The third-order valence-electron chi connectivity index (χ3n) is 3.36. The number of carbonyl (C=O) groups is 1. The van der Waals surface area contributed by atoms with Crippen molar-refractivity contribution in [2.75, 3.05) is 0 Å². The fourth-order valence-corrected chi connectivity index (χ4v) is 2.34. The van der Waals surface area contributed by atoms with Crippen LogP contribution < -0.4 is 5.32 Å². The summed E-state index contributed by atoms with van der Waals surface area (Å²) in [7, 11) is 1.83. The van der Waals surface area contributed by atoms with E-state index >= 15 is 0 Å². The molecule has 0 radical (unpaired) electrons. The van der Waals surface area contributed by atoms with E-state index < -0.39 is 0 Å². The van der Waals surface area contributed by atoms with E-state index in [1.54, 1.807) is 22.9 Å². The van der Waals surface area contributed by atoms with Crippen LogP contribution >= 0.6 is 11.6 Å². The van der Waals surface area contributed by atoms with Crippen molar-refractivity contribution in [3.05, 3.63) is 76.8 Å². The maximum absolute atomic E-state index is 12.4. The Morgan fingerprint density at radius 3 is 2.57 bits per heavy atom. The molecule has 1 amide bonds.